The molecule has 5 aromatic carbocycles. The van der Waals surface area contributed by atoms with E-state index in [0.717, 1.165) is 34.4 Å². The summed E-state index contributed by atoms with van der Waals surface area (Å²) in [5.74, 6) is 1.74. The predicted molar refractivity (Wildman–Crippen MR) is 189 cm³/mol. The van der Waals surface area contributed by atoms with Crippen molar-refractivity contribution in [2.24, 2.45) is 0 Å². The summed E-state index contributed by atoms with van der Waals surface area (Å²) in [6.45, 7) is -0.00573. The number of pyridine rings is 2. The molecule has 0 unspecified atom stereocenters. The fourth-order valence-electron chi connectivity index (χ4n) is 5.86. The van der Waals surface area contributed by atoms with Gasteiger partial charge in [-0.25, -0.2) is 9.97 Å². The highest BCUT2D eigenvalue weighted by atomic mass is 15.2. The summed E-state index contributed by atoms with van der Waals surface area (Å²) in [5, 5.41) is 0. The summed E-state index contributed by atoms with van der Waals surface area (Å²) < 4.78 is 0. The molecule has 0 atom stereocenters. The van der Waals surface area contributed by atoms with Crippen molar-refractivity contribution in [3.8, 4) is 0 Å². The van der Waals surface area contributed by atoms with Gasteiger partial charge in [0.1, 0.15) is 11.6 Å². The molecule has 0 aliphatic carbocycles. The molecule has 5 heteroatoms. The lowest BCUT2D eigenvalue weighted by Crippen LogP contribution is -2.52. The average Bonchev–Trinajstić information content (AvgIpc) is 3.12. The summed E-state index contributed by atoms with van der Waals surface area (Å²) in [4.78, 5) is 13.9. The van der Waals surface area contributed by atoms with Gasteiger partial charge < -0.3 is 0 Å². The highest BCUT2D eigenvalue weighted by molar-refractivity contribution is 6.95. The smallest absolute Gasteiger partial charge is 0.241 e. The molecule has 0 spiro atoms. The van der Waals surface area contributed by atoms with Gasteiger partial charge in [0.25, 0.3) is 0 Å². The number of hydrogen-bond donors (Lipinski definition) is 0. The SMILES string of the molecule is c1ccc(B(c2cccc(N(c3ccccc3)c3ccccn3)c2)c2cccc(N(c3ccccc3)c3ccccn3)c2)cc1. The molecule has 0 saturated carbocycles. The minimum Gasteiger partial charge on any atom is -0.295 e. The third kappa shape index (κ3) is 6.10. The van der Waals surface area contributed by atoms with Crippen LogP contribution in [0.25, 0.3) is 0 Å². The quantitative estimate of drug-likeness (QED) is 0.163. The van der Waals surface area contributed by atoms with E-state index in [9.17, 15) is 0 Å². The second kappa shape index (κ2) is 13.1. The van der Waals surface area contributed by atoms with Gasteiger partial charge in [0.15, 0.2) is 0 Å². The molecule has 0 bridgehead atoms. The zero-order chi connectivity index (χ0) is 30.3. The molecule has 0 saturated heterocycles. The Kier molecular flexibility index (Phi) is 8.14. The minimum atomic E-state index is -0.00573. The normalized spacial score (nSPS) is 10.7. The molecule has 7 rings (SSSR count). The molecule has 4 nitrogen and oxygen atoms in total. The summed E-state index contributed by atoms with van der Waals surface area (Å²) in [7, 11) is 0. The van der Waals surface area contributed by atoms with Crippen LogP contribution in [0.15, 0.2) is 188 Å². The van der Waals surface area contributed by atoms with Crippen molar-refractivity contribution in [1.82, 2.24) is 9.97 Å². The Morgan fingerprint density at radius 3 is 1.13 bits per heavy atom. The standard InChI is InChI=1S/C40H31BN4/c1-4-16-32(17-5-1)41(33-18-14-24-37(30-33)44(35-20-6-2-7-21-35)39-26-10-12-28-42-39)34-19-15-25-38(31-34)45(36-22-8-3-9-23-36)40-27-11-13-29-43-40/h1-31H. The molecular weight excluding hydrogens is 547 g/mol. The number of benzene rings is 5. The fraction of sp³-hybridized carbons (Fsp3) is 0. The molecule has 2 heterocycles. The van der Waals surface area contributed by atoms with Gasteiger partial charge in [-0.1, -0.05) is 120 Å². The van der Waals surface area contributed by atoms with Gasteiger partial charge in [0, 0.05) is 35.1 Å². The van der Waals surface area contributed by atoms with E-state index in [4.69, 9.17) is 9.97 Å². The third-order valence-corrected chi connectivity index (χ3v) is 7.84. The monoisotopic (exact) mass is 578 g/mol. The Hall–Kier alpha value is -5.94. The minimum absolute atomic E-state index is 0.00573. The number of hydrogen-bond acceptors (Lipinski definition) is 4. The molecule has 45 heavy (non-hydrogen) atoms. The fourth-order valence-corrected chi connectivity index (χ4v) is 5.86. The van der Waals surface area contributed by atoms with Crippen LogP contribution in [-0.2, 0) is 0 Å². The molecule has 0 amide bonds. The Balaban J connectivity index is 1.36. The maximum atomic E-state index is 4.73. The van der Waals surface area contributed by atoms with Gasteiger partial charge in [-0.3, -0.25) is 9.80 Å². The molecule has 214 valence electrons. The van der Waals surface area contributed by atoms with Crippen molar-refractivity contribution in [2.75, 3.05) is 9.80 Å². The van der Waals surface area contributed by atoms with Gasteiger partial charge in [-0.15, -0.1) is 0 Å². The van der Waals surface area contributed by atoms with Crippen LogP contribution in [0, 0.1) is 0 Å². The number of anilines is 6. The molecule has 0 radical (unpaired) electrons. The van der Waals surface area contributed by atoms with Gasteiger partial charge >= 0.3 is 0 Å². The van der Waals surface area contributed by atoms with E-state index in [-0.39, 0.29) is 6.71 Å². The Morgan fingerprint density at radius 1 is 0.333 bits per heavy atom. The zero-order valence-corrected chi connectivity index (χ0v) is 24.8. The molecule has 2 aromatic heterocycles. The van der Waals surface area contributed by atoms with Gasteiger partial charge in [0.2, 0.25) is 6.71 Å². The lowest BCUT2D eigenvalue weighted by Gasteiger charge is -2.27. The lowest BCUT2D eigenvalue weighted by atomic mass is 9.37. The molecular formula is C40H31BN4. The largest absolute Gasteiger partial charge is 0.295 e. The van der Waals surface area contributed by atoms with Crippen LogP contribution in [0.4, 0.5) is 34.4 Å². The van der Waals surface area contributed by atoms with E-state index in [2.05, 4.69) is 137 Å². The van der Waals surface area contributed by atoms with E-state index in [1.54, 1.807) is 0 Å². The van der Waals surface area contributed by atoms with Crippen LogP contribution < -0.4 is 26.2 Å². The Bertz CT molecular complexity index is 1750. The first-order valence-electron chi connectivity index (χ1n) is 15.1. The van der Waals surface area contributed by atoms with Crippen LogP contribution >= 0.6 is 0 Å². The number of nitrogens with zero attached hydrogens (tertiary/aromatic N) is 4. The summed E-state index contributed by atoms with van der Waals surface area (Å²) in [6, 6.07) is 61.2. The molecule has 0 fully saturated rings. The van der Waals surface area contributed by atoms with Gasteiger partial charge in [-0.2, -0.15) is 0 Å². The van der Waals surface area contributed by atoms with Crippen LogP contribution in [0.3, 0.4) is 0 Å². The molecule has 7 aromatic rings. The van der Waals surface area contributed by atoms with Crippen molar-refractivity contribution in [3.63, 3.8) is 0 Å². The van der Waals surface area contributed by atoms with Crippen LogP contribution in [0.5, 0.6) is 0 Å². The Labute approximate surface area is 265 Å². The number of para-hydroxylation sites is 2. The van der Waals surface area contributed by atoms with Crippen molar-refractivity contribution in [3.05, 3.63) is 188 Å². The first kappa shape index (κ1) is 27.9. The number of aromatic nitrogens is 2. The van der Waals surface area contributed by atoms with Crippen LogP contribution in [-0.4, -0.2) is 16.7 Å². The summed E-state index contributed by atoms with van der Waals surface area (Å²) >= 11 is 0. The second-order valence-electron chi connectivity index (χ2n) is 10.8. The van der Waals surface area contributed by atoms with Crippen molar-refractivity contribution in [2.45, 2.75) is 0 Å². The third-order valence-electron chi connectivity index (χ3n) is 7.84. The topological polar surface area (TPSA) is 32.3 Å². The molecule has 0 N–H and O–H groups in total. The summed E-state index contributed by atoms with van der Waals surface area (Å²) in [5.41, 5.74) is 7.82. The maximum Gasteiger partial charge on any atom is 0.241 e. The van der Waals surface area contributed by atoms with E-state index < -0.39 is 0 Å². The average molecular weight is 579 g/mol. The van der Waals surface area contributed by atoms with Crippen LogP contribution in [0.2, 0.25) is 0 Å². The zero-order valence-electron chi connectivity index (χ0n) is 24.8. The van der Waals surface area contributed by atoms with E-state index in [0.29, 0.717) is 0 Å². The highest BCUT2D eigenvalue weighted by Crippen LogP contribution is 2.33. The molecule has 0 aliphatic rings. The van der Waals surface area contributed by atoms with Crippen LogP contribution in [0.1, 0.15) is 0 Å². The van der Waals surface area contributed by atoms with Crippen molar-refractivity contribution >= 4 is 57.5 Å². The van der Waals surface area contributed by atoms with Gasteiger partial charge in [-0.05, 0) is 72.8 Å². The predicted octanol–water partition coefficient (Wildman–Crippen LogP) is 7.93. The number of rotatable bonds is 9. The first-order chi connectivity index (χ1) is 22.3. The van der Waals surface area contributed by atoms with E-state index in [1.807, 2.05) is 60.9 Å². The van der Waals surface area contributed by atoms with Gasteiger partial charge in [0.05, 0.1) is 0 Å². The highest BCUT2D eigenvalue weighted by Gasteiger charge is 2.25. The Morgan fingerprint density at radius 2 is 0.711 bits per heavy atom. The first-order valence-corrected chi connectivity index (χ1v) is 15.1. The van der Waals surface area contributed by atoms with E-state index in [1.165, 1.54) is 16.4 Å². The van der Waals surface area contributed by atoms with Crippen molar-refractivity contribution < 1.29 is 0 Å². The lowest BCUT2D eigenvalue weighted by molar-refractivity contribution is 1.18. The maximum absolute atomic E-state index is 4.73. The molecule has 0 aliphatic heterocycles. The van der Waals surface area contributed by atoms with Crippen molar-refractivity contribution in [1.29, 1.82) is 0 Å². The van der Waals surface area contributed by atoms with E-state index >= 15 is 0 Å². The summed E-state index contributed by atoms with van der Waals surface area (Å²) in [6.07, 6.45) is 3.68. The second-order valence-corrected chi connectivity index (χ2v) is 10.8.